The zero-order valence-corrected chi connectivity index (χ0v) is 10.9. The minimum atomic E-state index is -0.147. The van der Waals surface area contributed by atoms with Gasteiger partial charge in [0.25, 0.3) is 0 Å². The van der Waals surface area contributed by atoms with Gasteiger partial charge in [-0.15, -0.1) is 0 Å². The third-order valence-electron chi connectivity index (χ3n) is 2.66. The van der Waals surface area contributed by atoms with Crippen LogP contribution in [0.25, 0.3) is 11.0 Å². The molecule has 2 rings (SSSR count). The van der Waals surface area contributed by atoms with Crippen LogP contribution in [0.5, 0.6) is 0 Å². The molecule has 0 saturated heterocycles. The molecule has 2 N–H and O–H groups in total. The van der Waals surface area contributed by atoms with Crippen LogP contribution in [-0.2, 0) is 13.6 Å². The van der Waals surface area contributed by atoms with Crippen molar-refractivity contribution in [2.75, 3.05) is 0 Å². The largest absolute Gasteiger partial charge is 0.336 e. The van der Waals surface area contributed by atoms with E-state index in [0.29, 0.717) is 6.54 Å². The molecule has 18 heavy (non-hydrogen) atoms. The van der Waals surface area contributed by atoms with Crippen molar-refractivity contribution < 1.29 is 4.79 Å². The summed E-state index contributed by atoms with van der Waals surface area (Å²) in [5.74, 6) is 0. The minimum absolute atomic E-state index is 0.142. The minimum Gasteiger partial charge on any atom is -0.336 e. The Balaban J connectivity index is 2.02. The van der Waals surface area contributed by atoms with Crippen LogP contribution in [0.3, 0.4) is 0 Å². The van der Waals surface area contributed by atoms with Gasteiger partial charge in [0.05, 0.1) is 17.4 Å². The predicted octanol–water partition coefficient (Wildman–Crippen LogP) is 1.78. The molecule has 2 aromatic rings. The summed E-state index contributed by atoms with van der Waals surface area (Å²) in [5.41, 5.74) is 3.08. The van der Waals surface area contributed by atoms with Crippen molar-refractivity contribution in [3.63, 3.8) is 0 Å². The van der Waals surface area contributed by atoms with Gasteiger partial charge in [-0.3, -0.25) is 0 Å². The summed E-state index contributed by atoms with van der Waals surface area (Å²) >= 11 is 0. The van der Waals surface area contributed by atoms with E-state index in [2.05, 4.69) is 15.6 Å². The summed E-state index contributed by atoms with van der Waals surface area (Å²) in [7, 11) is 1.96. The molecule has 0 aliphatic carbocycles. The maximum atomic E-state index is 11.5. The maximum absolute atomic E-state index is 11.5. The second kappa shape index (κ2) is 5.08. The van der Waals surface area contributed by atoms with Crippen LogP contribution in [0.1, 0.15) is 19.4 Å². The molecular weight excluding hydrogens is 228 g/mol. The molecule has 0 radical (unpaired) electrons. The van der Waals surface area contributed by atoms with Gasteiger partial charge in [0.1, 0.15) is 0 Å². The average molecular weight is 246 g/mol. The lowest BCUT2D eigenvalue weighted by atomic mass is 10.2. The van der Waals surface area contributed by atoms with E-state index in [1.54, 1.807) is 6.33 Å². The van der Waals surface area contributed by atoms with Crippen molar-refractivity contribution in [2.45, 2.75) is 26.4 Å². The van der Waals surface area contributed by atoms with E-state index in [-0.39, 0.29) is 12.1 Å². The summed E-state index contributed by atoms with van der Waals surface area (Å²) in [5, 5.41) is 5.60. The fraction of sp³-hybridized carbons (Fsp3) is 0.385. The number of nitrogens with one attached hydrogen (secondary N) is 2. The van der Waals surface area contributed by atoms with Crippen LogP contribution in [0, 0.1) is 0 Å². The number of benzene rings is 1. The molecule has 5 heteroatoms. The second-order valence-corrected chi connectivity index (χ2v) is 4.66. The highest BCUT2D eigenvalue weighted by molar-refractivity contribution is 5.77. The highest BCUT2D eigenvalue weighted by Gasteiger charge is 2.04. The summed E-state index contributed by atoms with van der Waals surface area (Å²) in [6.07, 6.45) is 1.79. The van der Waals surface area contributed by atoms with Crippen LogP contribution in [0.4, 0.5) is 4.79 Å². The summed E-state index contributed by atoms with van der Waals surface area (Å²) in [6.45, 7) is 4.37. The molecular formula is C13H18N4O. The van der Waals surface area contributed by atoms with Crippen LogP contribution < -0.4 is 10.6 Å². The predicted molar refractivity (Wildman–Crippen MR) is 71.2 cm³/mol. The van der Waals surface area contributed by atoms with Gasteiger partial charge in [0.15, 0.2) is 0 Å². The van der Waals surface area contributed by atoms with E-state index >= 15 is 0 Å². The maximum Gasteiger partial charge on any atom is 0.315 e. The molecule has 0 unspecified atom stereocenters. The van der Waals surface area contributed by atoms with Gasteiger partial charge in [-0.25, -0.2) is 9.78 Å². The number of amides is 2. The zero-order chi connectivity index (χ0) is 13.1. The first kappa shape index (κ1) is 12.4. The third-order valence-corrected chi connectivity index (χ3v) is 2.66. The summed E-state index contributed by atoms with van der Waals surface area (Å²) in [6, 6.07) is 6.00. The van der Waals surface area contributed by atoms with Crippen molar-refractivity contribution in [1.29, 1.82) is 0 Å². The number of imidazole rings is 1. The topological polar surface area (TPSA) is 59.0 Å². The van der Waals surface area contributed by atoms with Crippen molar-refractivity contribution in [2.24, 2.45) is 7.05 Å². The Kier molecular flexibility index (Phi) is 3.50. The molecule has 0 aliphatic heterocycles. The lowest BCUT2D eigenvalue weighted by molar-refractivity contribution is 0.238. The van der Waals surface area contributed by atoms with E-state index < -0.39 is 0 Å². The Morgan fingerprint density at radius 1 is 1.44 bits per heavy atom. The number of aromatic nitrogens is 2. The molecule has 1 heterocycles. The number of hydrogen-bond acceptors (Lipinski definition) is 2. The SMILES string of the molecule is CC(C)NC(=O)NCc1ccc2c(c1)ncn2C. The highest BCUT2D eigenvalue weighted by Crippen LogP contribution is 2.13. The molecule has 1 aromatic heterocycles. The number of urea groups is 1. The van der Waals surface area contributed by atoms with Crippen molar-refractivity contribution >= 4 is 17.1 Å². The number of carbonyl (C=O) groups is 1. The Bertz CT molecular complexity index is 559. The van der Waals surface area contributed by atoms with E-state index in [0.717, 1.165) is 16.6 Å². The standard InChI is InChI=1S/C13H18N4O/c1-9(2)16-13(18)14-7-10-4-5-12-11(6-10)15-8-17(12)3/h4-6,8-9H,7H2,1-3H3,(H2,14,16,18). The van der Waals surface area contributed by atoms with Gasteiger partial charge in [0, 0.05) is 19.6 Å². The third kappa shape index (κ3) is 2.80. The van der Waals surface area contributed by atoms with Gasteiger partial charge in [0.2, 0.25) is 0 Å². The van der Waals surface area contributed by atoms with Crippen LogP contribution >= 0.6 is 0 Å². The average Bonchev–Trinajstić information content (AvgIpc) is 2.67. The number of hydrogen-bond donors (Lipinski definition) is 2. The summed E-state index contributed by atoms with van der Waals surface area (Å²) in [4.78, 5) is 15.7. The molecule has 1 aromatic carbocycles. The molecule has 5 nitrogen and oxygen atoms in total. The number of carbonyl (C=O) groups excluding carboxylic acids is 1. The monoisotopic (exact) mass is 246 g/mol. The number of rotatable bonds is 3. The Morgan fingerprint density at radius 2 is 2.22 bits per heavy atom. The molecule has 0 saturated carbocycles. The Hall–Kier alpha value is -2.04. The van der Waals surface area contributed by atoms with Crippen LogP contribution in [0.15, 0.2) is 24.5 Å². The molecule has 0 fully saturated rings. The van der Waals surface area contributed by atoms with Gasteiger partial charge in [-0.1, -0.05) is 6.07 Å². The lowest BCUT2D eigenvalue weighted by Crippen LogP contribution is -2.39. The molecule has 0 bridgehead atoms. The van der Waals surface area contributed by atoms with Gasteiger partial charge < -0.3 is 15.2 Å². The molecule has 0 spiro atoms. The van der Waals surface area contributed by atoms with Gasteiger partial charge in [-0.05, 0) is 31.5 Å². The van der Waals surface area contributed by atoms with Crippen LogP contribution in [0.2, 0.25) is 0 Å². The molecule has 0 atom stereocenters. The van der Waals surface area contributed by atoms with E-state index in [1.807, 2.05) is 43.7 Å². The Labute approximate surface area is 106 Å². The number of fused-ring (bicyclic) bond motifs is 1. The summed E-state index contributed by atoms with van der Waals surface area (Å²) < 4.78 is 1.97. The van der Waals surface area contributed by atoms with Crippen LogP contribution in [-0.4, -0.2) is 21.6 Å². The molecule has 0 aliphatic rings. The van der Waals surface area contributed by atoms with E-state index in [9.17, 15) is 4.79 Å². The lowest BCUT2D eigenvalue weighted by Gasteiger charge is -2.10. The second-order valence-electron chi connectivity index (χ2n) is 4.66. The fourth-order valence-electron chi connectivity index (χ4n) is 1.79. The molecule has 96 valence electrons. The normalized spacial score (nSPS) is 10.9. The Morgan fingerprint density at radius 3 is 2.94 bits per heavy atom. The van der Waals surface area contributed by atoms with Crippen molar-refractivity contribution in [3.05, 3.63) is 30.1 Å². The van der Waals surface area contributed by atoms with Crippen molar-refractivity contribution in [1.82, 2.24) is 20.2 Å². The zero-order valence-electron chi connectivity index (χ0n) is 10.9. The quantitative estimate of drug-likeness (QED) is 0.867. The van der Waals surface area contributed by atoms with Crippen molar-refractivity contribution in [3.8, 4) is 0 Å². The first-order chi connectivity index (χ1) is 8.56. The van der Waals surface area contributed by atoms with E-state index in [1.165, 1.54) is 0 Å². The van der Waals surface area contributed by atoms with Gasteiger partial charge >= 0.3 is 6.03 Å². The smallest absolute Gasteiger partial charge is 0.315 e. The first-order valence-corrected chi connectivity index (χ1v) is 6.00. The van der Waals surface area contributed by atoms with E-state index in [4.69, 9.17) is 0 Å². The van der Waals surface area contributed by atoms with Gasteiger partial charge in [-0.2, -0.15) is 0 Å². The number of nitrogens with zero attached hydrogens (tertiary/aromatic N) is 2. The highest BCUT2D eigenvalue weighted by atomic mass is 16.2. The first-order valence-electron chi connectivity index (χ1n) is 6.00. The molecule has 2 amide bonds. The fourth-order valence-corrected chi connectivity index (χ4v) is 1.79. The number of aryl methyl sites for hydroxylation is 1.